The molecule has 0 fully saturated rings. The quantitative estimate of drug-likeness (QED) is 0.865. The van der Waals surface area contributed by atoms with Crippen LogP contribution in [-0.2, 0) is 16.0 Å². The Morgan fingerprint density at radius 2 is 2.00 bits per heavy atom. The third-order valence-corrected chi connectivity index (χ3v) is 3.41. The second-order valence-electron chi connectivity index (χ2n) is 6.29. The number of carbonyl (C=O) groups is 2. The van der Waals surface area contributed by atoms with Crippen LogP contribution >= 0.6 is 0 Å². The first-order chi connectivity index (χ1) is 9.78. The number of fused-ring (bicyclic) bond motifs is 1. The summed E-state index contributed by atoms with van der Waals surface area (Å²) in [4.78, 5) is 25.8. The van der Waals surface area contributed by atoms with Crippen molar-refractivity contribution in [1.29, 1.82) is 0 Å². The van der Waals surface area contributed by atoms with Crippen molar-refractivity contribution < 1.29 is 14.3 Å². The van der Waals surface area contributed by atoms with Gasteiger partial charge in [-0.3, -0.25) is 9.69 Å². The minimum absolute atomic E-state index is 0.173. The highest BCUT2D eigenvalue weighted by Crippen LogP contribution is 2.24. The minimum Gasteiger partial charge on any atom is -0.444 e. The molecule has 0 spiro atoms. The standard InChI is InChI=1S/C16H22N2O3/c1-16(2,3)21-15(20)18(4)13-10-9-11-7-5-6-8-12(11)17-14(13)19/h5-8,13H,9-10H2,1-4H3,(H,17,19). The highest BCUT2D eigenvalue weighted by atomic mass is 16.6. The van der Waals surface area contributed by atoms with Crippen molar-refractivity contribution in [3.8, 4) is 0 Å². The van der Waals surface area contributed by atoms with Crippen LogP contribution in [-0.4, -0.2) is 35.6 Å². The number of likely N-dealkylation sites (N-methyl/N-ethyl adjacent to an activating group) is 1. The molecule has 0 saturated heterocycles. The lowest BCUT2D eigenvalue weighted by Crippen LogP contribution is -2.46. The van der Waals surface area contributed by atoms with Crippen LogP contribution in [0.2, 0.25) is 0 Å². The number of anilines is 1. The lowest BCUT2D eigenvalue weighted by molar-refractivity contribution is -0.121. The van der Waals surface area contributed by atoms with Crippen LogP contribution in [0.1, 0.15) is 32.8 Å². The van der Waals surface area contributed by atoms with Gasteiger partial charge >= 0.3 is 6.09 Å². The zero-order valence-corrected chi connectivity index (χ0v) is 13.0. The zero-order valence-electron chi connectivity index (χ0n) is 13.0. The van der Waals surface area contributed by atoms with Gasteiger partial charge in [0.25, 0.3) is 0 Å². The van der Waals surface area contributed by atoms with E-state index in [-0.39, 0.29) is 5.91 Å². The number of rotatable bonds is 1. The summed E-state index contributed by atoms with van der Waals surface area (Å²) in [6.07, 6.45) is 0.847. The minimum atomic E-state index is -0.574. The van der Waals surface area contributed by atoms with Gasteiger partial charge in [-0.1, -0.05) is 18.2 Å². The molecule has 0 radical (unpaired) electrons. The molecular formula is C16H22N2O3. The number of hydrogen-bond donors (Lipinski definition) is 1. The van der Waals surface area contributed by atoms with E-state index in [1.54, 1.807) is 7.05 Å². The maximum Gasteiger partial charge on any atom is 0.410 e. The molecule has 1 aliphatic rings. The third-order valence-electron chi connectivity index (χ3n) is 3.41. The zero-order chi connectivity index (χ0) is 15.6. The number of amides is 2. The summed E-state index contributed by atoms with van der Waals surface area (Å²) in [5.74, 6) is -0.173. The first-order valence-corrected chi connectivity index (χ1v) is 7.12. The third kappa shape index (κ3) is 3.74. The molecule has 2 amide bonds. The number of nitrogens with zero attached hydrogens (tertiary/aromatic N) is 1. The summed E-state index contributed by atoms with van der Waals surface area (Å²) in [6, 6.07) is 7.18. The Labute approximate surface area is 125 Å². The van der Waals surface area contributed by atoms with E-state index in [2.05, 4.69) is 5.32 Å². The Morgan fingerprint density at radius 3 is 2.67 bits per heavy atom. The van der Waals surface area contributed by atoms with E-state index in [1.165, 1.54) is 4.90 Å². The lowest BCUT2D eigenvalue weighted by atomic mass is 10.1. The highest BCUT2D eigenvalue weighted by Gasteiger charge is 2.32. The molecule has 1 aromatic carbocycles. The van der Waals surface area contributed by atoms with Gasteiger partial charge in [0.15, 0.2) is 0 Å². The molecule has 5 heteroatoms. The smallest absolute Gasteiger partial charge is 0.410 e. The fourth-order valence-corrected chi connectivity index (χ4v) is 2.33. The number of para-hydroxylation sites is 1. The summed E-state index contributed by atoms with van der Waals surface area (Å²) in [5.41, 5.74) is 1.34. The second kappa shape index (κ2) is 5.76. The van der Waals surface area contributed by atoms with E-state index in [1.807, 2.05) is 45.0 Å². The molecule has 1 aliphatic heterocycles. The predicted octanol–water partition coefficient (Wildman–Crippen LogP) is 2.81. The van der Waals surface area contributed by atoms with Crippen LogP contribution in [0.25, 0.3) is 0 Å². The average molecular weight is 290 g/mol. The SMILES string of the molecule is CN(C(=O)OC(C)(C)C)C1CCc2ccccc2NC1=O. The van der Waals surface area contributed by atoms with Crippen molar-refractivity contribution in [3.05, 3.63) is 29.8 Å². The molecule has 2 rings (SSSR count). The molecule has 0 aromatic heterocycles. The van der Waals surface area contributed by atoms with Crippen molar-refractivity contribution in [2.45, 2.75) is 45.3 Å². The second-order valence-corrected chi connectivity index (χ2v) is 6.29. The Kier molecular flexibility index (Phi) is 4.21. The number of nitrogens with one attached hydrogen (secondary N) is 1. The van der Waals surface area contributed by atoms with Gasteiger partial charge in [-0.25, -0.2) is 4.79 Å². The van der Waals surface area contributed by atoms with E-state index in [0.29, 0.717) is 6.42 Å². The summed E-state index contributed by atoms with van der Waals surface area (Å²) >= 11 is 0. The van der Waals surface area contributed by atoms with Crippen LogP contribution in [0.5, 0.6) is 0 Å². The van der Waals surface area contributed by atoms with E-state index in [4.69, 9.17) is 4.74 Å². The van der Waals surface area contributed by atoms with Crippen molar-refractivity contribution in [3.63, 3.8) is 0 Å². The largest absolute Gasteiger partial charge is 0.444 e. The fourth-order valence-electron chi connectivity index (χ4n) is 2.33. The van der Waals surface area contributed by atoms with Crippen LogP contribution < -0.4 is 5.32 Å². The van der Waals surface area contributed by atoms with Crippen LogP contribution in [0.4, 0.5) is 10.5 Å². The van der Waals surface area contributed by atoms with Gasteiger partial charge in [-0.15, -0.1) is 0 Å². The summed E-state index contributed by atoms with van der Waals surface area (Å²) in [7, 11) is 1.61. The average Bonchev–Trinajstić information content (AvgIpc) is 2.54. The van der Waals surface area contributed by atoms with Crippen molar-refractivity contribution >= 4 is 17.7 Å². The van der Waals surface area contributed by atoms with Crippen LogP contribution in [0, 0.1) is 0 Å². The molecule has 1 aromatic rings. The number of aryl methyl sites for hydroxylation is 1. The molecule has 1 unspecified atom stereocenters. The lowest BCUT2D eigenvalue weighted by Gasteiger charge is -2.29. The molecule has 0 bridgehead atoms. The molecular weight excluding hydrogens is 268 g/mol. The van der Waals surface area contributed by atoms with Crippen molar-refractivity contribution in [2.24, 2.45) is 0 Å². The molecule has 1 N–H and O–H groups in total. The maximum atomic E-state index is 12.3. The van der Waals surface area contributed by atoms with Crippen LogP contribution in [0.15, 0.2) is 24.3 Å². The van der Waals surface area contributed by atoms with Gasteiger partial charge in [-0.2, -0.15) is 0 Å². The topological polar surface area (TPSA) is 58.6 Å². The Bertz CT molecular complexity index is 549. The van der Waals surface area contributed by atoms with Crippen molar-refractivity contribution in [1.82, 2.24) is 4.90 Å². The first-order valence-electron chi connectivity index (χ1n) is 7.12. The van der Waals surface area contributed by atoms with Crippen LogP contribution in [0.3, 0.4) is 0 Å². The number of carbonyl (C=O) groups excluding carboxylic acids is 2. The number of hydrogen-bond acceptors (Lipinski definition) is 3. The van der Waals surface area contributed by atoms with Gasteiger partial charge in [0.2, 0.25) is 5.91 Å². The van der Waals surface area contributed by atoms with Gasteiger partial charge in [-0.05, 0) is 45.2 Å². The van der Waals surface area contributed by atoms with E-state index in [9.17, 15) is 9.59 Å². The summed E-state index contributed by atoms with van der Waals surface area (Å²) < 4.78 is 5.33. The fraction of sp³-hybridized carbons (Fsp3) is 0.500. The molecule has 0 saturated carbocycles. The van der Waals surface area contributed by atoms with E-state index in [0.717, 1.165) is 17.7 Å². The monoisotopic (exact) mass is 290 g/mol. The molecule has 1 heterocycles. The first kappa shape index (κ1) is 15.4. The summed E-state index contributed by atoms with van der Waals surface area (Å²) in [6.45, 7) is 5.42. The molecule has 114 valence electrons. The van der Waals surface area contributed by atoms with Gasteiger partial charge in [0, 0.05) is 12.7 Å². The van der Waals surface area contributed by atoms with Gasteiger partial charge in [0.05, 0.1) is 0 Å². The molecule has 21 heavy (non-hydrogen) atoms. The predicted molar refractivity (Wildman–Crippen MR) is 81.2 cm³/mol. The Balaban J connectivity index is 2.11. The van der Waals surface area contributed by atoms with Crippen molar-refractivity contribution in [2.75, 3.05) is 12.4 Å². The van der Waals surface area contributed by atoms with E-state index < -0.39 is 17.7 Å². The number of benzene rings is 1. The Hall–Kier alpha value is -2.04. The number of ether oxygens (including phenoxy) is 1. The summed E-state index contributed by atoms with van der Waals surface area (Å²) in [5, 5.41) is 2.88. The normalized spacial score (nSPS) is 18.3. The highest BCUT2D eigenvalue weighted by molar-refractivity contribution is 5.97. The molecule has 1 atom stereocenters. The molecule has 0 aliphatic carbocycles. The Morgan fingerprint density at radius 1 is 1.33 bits per heavy atom. The molecule has 5 nitrogen and oxygen atoms in total. The van der Waals surface area contributed by atoms with E-state index >= 15 is 0 Å². The van der Waals surface area contributed by atoms with Gasteiger partial charge < -0.3 is 10.1 Å². The maximum absolute atomic E-state index is 12.3. The van der Waals surface area contributed by atoms with Gasteiger partial charge in [0.1, 0.15) is 11.6 Å².